The summed E-state index contributed by atoms with van der Waals surface area (Å²) in [5, 5.41) is 7.21. The molecule has 6 heteroatoms. The SMILES string of the molecule is CCOC(=O)C1(C/C=C/c2ccccc2)CCCN(C(=O)c2n[nH]c(CC)c2C)C1. The minimum Gasteiger partial charge on any atom is -0.466 e. The molecule has 3 rings (SSSR count). The van der Waals surface area contributed by atoms with Crippen molar-refractivity contribution in [3.05, 3.63) is 58.9 Å². The maximum atomic E-state index is 13.2. The Morgan fingerprint density at radius 3 is 2.70 bits per heavy atom. The van der Waals surface area contributed by atoms with E-state index in [1.807, 2.05) is 63.3 Å². The van der Waals surface area contributed by atoms with Gasteiger partial charge < -0.3 is 9.64 Å². The largest absolute Gasteiger partial charge is 0.466 e. The highest BCUT2D eigenvalue weighted by Crippen LogP contribution is 2.36. The summed E-state index contributed by atoms with van der Waals surface area (Å²) in [6.45, 7) is 7.06. The summed E-state index contributed by atoms with van der Waals surface area (Å²) in [6, 6.07) is 9.99. The van der Waals surface area contributed by atoms with Gasteiger partial charge in [-0.05, 0) is 45.1 Å². The summed E-state index contributed by atoms with van der Waals surface area (Å²) in [7, 11) is 0. The number of carbonyl (C=O) groups excluding carboxylic acids is 2. The van der Waals surface area contributed by atoms with Gasteiger partial charge in [-0.15, -0.1) is 0 Å². The van der Waals surface area contributed by atoms with Crippen molar-refractivity contribution in [2.24, 2.45) is 5.41 Å². The summed E-state index contributed by atoms with van der Waals surface area (Å²) in [4.78, 5) is 27.9. The van der Waals surface area contributed by atoms with Crippen LogP contribution >= 0.6 is 0 Å². The second-order valence-electron chi connectivity index (χ2n) is 7.88. The standard InChI is InChI=1S/C24H31N3O3/c1-4-20-18(3)21(26-25-20)22(28)27-16-10-15-24(17-27,23(29)30-5-2)14-9-13-19-11-7-6-8-12-19/h6-9,11-13H,4-5,10,14-17H2,1-3H3,(H,25,26)/b13-9+. The lowest BCUT2D eigenvalue weighted by atomic mass is 9.76. The van der Waals surface area contributed by atoms with Crippen molar-refractivity contribution in [2.45, 2.75) is 46.5 Å². The lowest BCUT2D eigenvalue weighted by molar-refractivity contribution is -0.158. The summed E-state index contributed by atoms with van der Waals surface area (Å²) < 4.78 is 5.43. The molecular weight excluding hydrogens is 378 g/mol. The first-order chi connectivity index (χ1) is 14.5. The number of aryl methyl sites for hydroxylation is 1. The van der Waals surface area contributed by atoms with E-state index in [2.05, 4.69) is 10.2 Å². The van der Waals surface area contributed by atoms with Crippen molar-refractivity contribution in [1.29, 1.82) is 0 Å². The number of esters is 1. The summed E-state index contributed by atoms with van der Waals surface area (Å²) in [5.74, 6) is -0.350. The third-order valence-electron chi connectivity index (χ3n) is 5.86. The molecule has 1 atom stereocenters. The Balaban J connectivity index is 1.81. The van der Waals surface area contributed by atoms with Crippen LogP contribution in [0.5, 0.6) is 0 Å². The fourth-order valence-corrected chi connectivity index (χ4v) is 4.13. The molecule has 1 aromatic carbocycles. The smallest absolute Gasteiger partial charge is 0.314 e. The molecule has 1 aromatic heterocycles. The van der Waals surface area contributed by atoms with Crippen LogP contribution in [-0.4, -0.2) is 46.7 Å². The number of aromatic amines is 1. The van der Waals surface area contributed by atoms with E-state index in [9.17, 15) is 9.59 Å². The first kappa shape index (κ1) is 21.8. The molecule has 2 heterocycles. The molecule has 6 nitrogen and oxygen atoms in total. The Bertz CT molecular complexity index is 904. The summed E-state index contributed by atoms with van der Waals surface area (Å²) in [5.41, 5.74) is 2.66. The summed E-state index contributed by atoms with van der Waals surface area (Å²) >= 11 is 0. The Morgan fingerprint density at radius 2 is 2.03 bits per heavy atom. The van der Waals surface area contributed by atoms with Gasteiger partial charge in [0.2, 0.25) is 0 Å². The van der Waals surface area contributed by atoms with Crippen LogP contribution in [0.25, 0.3) is 6.08 Å². The third kappa shape index (κ3) is 4.64. The van der Waals surface area contributed by atoms with Crippen LogP contribution < -0.4 is 0 Å². The highest BCUT2D eigenvalue weighted by Gasteiger charge is 2.44. The zero-order chi connectivity index (χ0) is 21.6. The van der Waals surface area contributed by atoms with Crippen molar-refractivity contribution < 1.29 is 14.3 Å². The molecule has 160 valence electrons. The maximum Gasteiger partial charge on any atom is 0.314 e. The van der Waals surface area contributed by atoms with E-state index >= 15 is 0 Å². The van der Waals surface area contributed by atoms with Crippen LogP contribution in [0.4, 0.5) is 0 Å². The summed E-state index contributed by atoms with van der Waals surface area (Å²) in [6.07, 6.45) is 6.83. The fraction of sp³-hybridized carbons (Fsp3) is 0.458. The zero-order valence-electron chi connectivity index (χ0n) is 18.1. The van der Waals surface area contributed by atoms with Gasteiger partial charge in [-0.25, -0.2) is 0 Å². The predicted molar refractivity (Wildman–Crippen MR) is 117 cm³/mol. The second-order valence-corrected chi connectivity index (χ2v) is 7.88. The molecule has 1 aliphatic rings. The number of carbonyl (C=O) groups is 2. The van der Waals surface area contributed by atoms with Crippen molar-refractivity contribution in [3.63, 3.8) is 0 Å². The number of ether oxygens (including phenoxy) is 1. The number of nitrogens with one attached hydrogen (secondary N) is 1. The van der Waals surface area contributed by atoms with Crippen molar-refractivity contribution in [1.82, 2.24) is 15.1 Å². The highest BCUT2D eigenvalue weighted by atomic mass is 16.5. The molecule has 0 radical (unpaired) electrons. The number of aromatic nitrogens is 2. The Hall–Kier alpha value is -2.89. The molecule has 0 spiro atoms. The lowest BCUT2D eigenvalue weighted by Crippen LogP contribution is -2.50. The van der Waals surface area contributed by atoms with Gasteiger partial charge in [-0.2, -0.15) is 5.10 Å². The Kier molecular flexibility index (Phi) is 7.08. The van der Waals surface area contributed by atoms with Crippen molar-refractivity contribution in [2.75, 3.05) is 19.7 Å². The van der Waals surface area contributed by atoms with E-state index in [0.29, 0.717) is 38.2 Å². The van der Waals surface area contributed by atoms with E-state index in [1.54, 1.807) is 4.90 Å². The molecule has 0 aliphatic carbocycles. The lowest BCUT2D eigenvalue weighted by Gasteiger charge is -2.40. The number of H-pyrrole nitrogens is 1. The van der Waals surface area contributed by atoms with Gasteiger partial charge in [0, 0.05) is 24.3 Å². The number of likely N-dealkylation sites (tertiary alicyclic amines) is 1. The number of amides is 1. The molecule has 1 aliphatic heterocycles. The van der Waals surface area contributed by atoms with E-state index < -0.39 is 5.41 Å². The quantitative estimate of drug-likeness (QED) is 0.697. The minimum absolute atomic E-state index is 0.121. The van der Waals surface area contributed by atoms with Crippen LogP contribution in [0, 0.1) is 12.3 Å². The molecule has 30 heavy (non-hydrogen) atoms. The van der Waals surface area contributed by atoms with E-state index in [1.165, 1.54) is 0 Å². The first-order valence-electron chi connectivity index (χ1n) is 10.7. The van der Waals surface area contributed by atoms with E-state index in [0.717, 1.165) is 29.7 Å². The molecule has 1 N–H and O–H groups in total. The number of allylic oxidation sites excluding steroid dienone is 1. The molecule has 0 bridgehead atoms. The topological polar surface area (TPSA) is 75.3 Å². The Labute approximate surface area is 178 Å². The predicted octanol–water partition coefficient (Wildman–Crippen LogP) is 4.17. The molecule has 2 aromatic rings. The average molecular weight is 410 g/mol. The molecule has 1 unspecified atom stereocenters. The van der Waals surface area contributed by atoms with Crippen LogP contribution in [0.2, 0.25) is 0 Å². The molecule has 1 saturated heterocycles. The monoisotopic (exact) mass is 409 g/mol. The maximum absolute atomic E-state index is 13.2. The number of hydrogen-bond donors (Lipinski definition) is 1. The Morgan fingerprint density at radius 1 is 1.27 bits per heavy atom. The van der Waals surface area contributed by atoms with Crippen LogP contribution in [0.3, 0.4) is 0 Å². The first-order valence-corrected chi connectivity index (χ1v) is 10.7. The van der Waals surface area contributed by atoms with Crippen molar-refractivity contribution >= 4 is 18.0 Å². The van der Waals surface area contributed by atoms with Crippen LogP contribution in [0.15, 0.2) is 36.4 Å². The molecule has 1 amide bonds. The fourth-order valence-electron chi connectivity index (χ4n) is 4.13. The normalized spacial score (nSPS) is 19.2. The number of hydrogen-bond acceptors (Lipinski definition) is 4. The number of rotatable bonds is 7. The van der Waals surface area contributed by atoms with Gasteiger partial charge in [0.1, 0.15) is 0 Å². The number of nitrogens with zero attached hydrogens (tertiary/aromatic N) is 2. The van der Waals surface area contributed by atoms with Gasteiger partial charge in [0.05, 0.1) is 12.0 Å². The van der Waals surface area contributed by atoms with Crippen LogP contribution in [-0.2, 0) is 16.0 Å². The van der Waals surface area contributed by atoms with Gasteiger partial charge in [-0.3, -0.25) is 14.7 Å². The third-order valence-corrected chi connectivity index (χ3v) is 5.86. The second kappa shape index (κ2) is 9.74. The zero-order valence-corrected chi connectivity index (χ0v) is 18.1. The van der Waals surface area contributed by atoms with Gasteiger partial charge in [-0.1, -0.05) is 49.4 Å². The minimum atomic E-state index is -0.729. The molecule has 1 fully saturated rings. The van der Waals surface area contributed by atoms with E-state index in [4.69, 9.17) is 4.74 Å². The highest BCUT2D eigenvalue weighted by molar-refractivity contribution is 5.94. The molecular formula is C24H31N3O3. The van der Waals surface area contributed by atoms with Crippen LogP contribution in [0.1, 0.15) is 60.4 Å². The number of benzene rings is 1. The van der Waals surface area contributed by atoms with Gasteiger partial charge in [0.15, 0.2) is 5.69 Å². The van der Waals surface area contributed by atoms with Gasteiger partial charge >= 0.3 is 5.97 Å². The van der Waals surface area contributed by atoms with E-state index in [-0.39, 0.29) is 11.9 Å². The molecule has 0 saturated carbocycles. The van der Waals surface area contributed by atoms with Crippen molar-refractivity contribution in [3.8, 4) is 0 Å². The average Bonchev–Trinajstić information content (AvgIpc) is 3.14. The van der Waals surface area contributed by atoms with Gasteiger partial charge in [0.25, 0.3) is 5.91 Å². The number of piperidine rings is 1.